The highest BCUT2D eigenvalue weighted by molar-refractivity contribution is 8.67. The maximum atomic E-state index is 13.9. The first-order chi connectivity index (χ1) is 17.1. The van der Waals surface area contributed by atoms with Crippen molar-refractivity contribution in [3.63, 3.8) is 0 Å². The van der Waals surface area contributed by atoms with Crippen molar-refractivity contribution in [2.24, 2.45) is 0 Å². The maximum Gasteiger partial charge on any atom is 0.183 e. The summed E-state index contributed by atoms with van der Waals surface area (Å²) in [4.78, 5) is 29.4. The lowest BCUT2D eigenvalue weighted by molar-refractivity contribution is -0.111. The van der Waals surface area contributed by atoms with E-state index < -0.39 is 10.0 Å². The van der Waals surface area contributed by atoms with E-state index >= 15 is 0 Å². The fourth-order valence-corrected chi connectivity index (χ4v) is 8.78. The number of allylic oxidation sites excluding steroid dienone is 2. The zero-order chi connectivity index (χ0) is 24.4. The van der Waals surface area contributed by atoms with Crippen molar-refractivity contribution in [1.29, 1.82) is 0 Å². The van der Waals surface area contributed by atoms with Crippen molar-refractivity contribution in [3.8, 4) is 0 Å². The van der Waals surface area contributed by atoms with E-state index in [1.54, 1.807) is 13.8 Å². The summed E-state index contributed by atoms with van der Waals surface area (Å²) in [6.45, 7) is 3.16. The average molecular weight is 475 g/mol. The Bertz CT molecular complexity index is 1340. The van der Waals surface area contributed by atoms with Crippen LogP contribution in [0.1, 0.15) is 36.1 Å². The third kappa shape index (κ3) is 3.69. The molecule has 0 atom stereocenters. The Morgan fingerprint density at radius 3 is 0.943 bits per heavy atom. The van der Waals surface area contributed by atoms with Gasteiger partial charge in [-0.1, -0.05) is 131 Å². The molecule has 4 aromatic rings. The van der Waals surface area contributed by atoms with Gasteiger partial charge in [-0.15, -0.1) is 0 Å². The molecule has 35 heavy (non-hydrogen) atoms. The van der Waals surface area contributed by atoms with Crippen molar-refractivity contribution >= 4 is 41.2 Å². The zero-order valence-electron chi connectivity index (χ0n) is 19.8. The summed E-state index contributed by atoms with van der Waals surface area (Å²) >= 11 is 0. The van der Waals surface area contributed by atoms with Gasteiger partial charge in [0.2, 0.25) is 0 Å². The quantitative estimate of drug-likeness (QED) is 0.300. The van der Waals surface area contributed by atoms with Gasteiger partial charge in [0.05, 0.1) is 0 Å². The van der Waals surface area contributed by atoms with Gasteiger partial charge in [-0.3, -0.25) is 9.59 Å². The third-order valence-corrected chi connectivity index (χ3v) is 10.2. The highest BCUT2D eigenvalue weighted by Crippen LogP contribution is 2.78. The molecule has 0 radical (unpaired) electrons. The number of carbonyl (C=O) groups is 2. The smallest absolute Gasteiger partial charge is 0.183 e. The van der Waals surface area contributed by atoms with Gasteiger partial charge in [0, 0.05) is 34.8 Å². The number of hydrogen-bond donors (Lipinski definition) is 0. The molecule has 0 spiro atoms. The average Bonchev–Trinajstić information content (AvgIpc) is 3.24. The fourth-order valence-electron chi connectivity index (χ4n) is 4.99. The molecule has 1 heterocycles. The predicted molar refractivity (Wildman–Crippen MR) is 148 cm³/mol. The Hall–Kier alpha value is -3.95. The molecule has 1 aliphatic rings. The maximum absolute atomic E-state index is 13.9. The van der Waals surface area contributed by atoms with E-state index in [4.69, 9.17) is 0 Å². The second kappa shape index (κ2) is 9.36. The van der Waals surface area contributed by atoms with Crippen molar-refractivity contribution in [2.45, 2.75) is 13.8 Å². The summed E-state index contributed by atoms with van der Waals surface area (Å²) in [6, 6.07) is 40.1. The van der Waals surface area contributed by atoms with Gasteiger partial charge in [-0.2, -0.15) is 0 Å². The minimum atomic E-state index is -2.70. The molecule has 0 aromatic heterocycles. The van der Waals surface area contributed by atoms with Gasteiger partial charge in [-0.25, -0.2) is 0 Å². The molecule has 0 amide bonds. The molecule has 0 aliphatic carbocycles. The van der Waals surface area contributed by atoms with Crippen LogP contribution in [-0.4, -0.2) is 10.2 Å². The monoisotopic (exact) mass is 474 g/mol. The number of carbonyl (C=O) groups excluding carboxylic acids is 2. The summed E-state index contributed by atoms with van der Waals surface area (Å²) in [5.74, 6) is 0. The topological polar surface area (TPSA) is 34.1 Å². The lowest BCUT2D eigenvalue weighted by Crippen LogP contribution is -2.18. The molecule has 0 N–H and O–H groups in total. The first kappa shape index (κ1) is 22.8. The third-order valence-electron chi connectivity index (χ3n) is 6.38. The van der Waals surface area contributed by atoms with Crippen LogP contribution in [0.5, 0.6) is 0 Å². The van der Waals surface area contributed by atoms with E-state index in [0.29, 0.717) is 0 Å². The molecule has 3 heteroatoms. The van der Waals surface area contributed by atoms with Crippen LogP contribution in [0.15, 0.2) is 121 Å². The van der Waals surface area contributed by atoms with Crippen LogP contribution >= 0.6 is 10.0 Å². The van der Waals surface area contributed by atoms with Gasteiger partial charge < -0.3 is 0 Å². The summed E-state index contributed by atoms with van der Waals surface area (Å²) in [6.07, 6.45) is 0. The van der Waals surface area contributed by atoms with E-state index in [9.17, 15) is 9.59 Å². The van der Waals surface area contributed by atoms with Gasteiger partial charge in [-0.05, 0) is 22.3 Å². The van der Waals surface area contributed by atoms with Crippen LogP contribution in [-0.2, 0) is 9.59 Å². The normalized spacial score (nSPS) is 15.7. The molecule has 172 valence electrons. The highest BCUT2D eigenvalue weighted by atomic mass is 32.3. The molecule has 0 saturated heterocycles. The lowest BCUT2D eigenvalue weighted by Gasteiger charge is -2.37. The van der Waals surface area contributed by atoms with Crippen LogP contribution in [0, 0.1) is 0 Å². The zero-order valence-corrected chi connectivity index (χ0v) is 20.6. The van der Waals surface area contributed by atoms with Crippen LogP contribution in [0.4, 0.5) is 0 Å². The number of rotatable bonds is 4. The number of hydrogen-bond acceptors (Lipinski definition) is 2. The minimum Gasteiger partial charge on any atom is -0.288 e. The lowest BCUT2D eigenvalue weighted by atomic mass is 9.89. The SMILES string of the molecule is CC(=O)S1(C(C)=O)C(c2ccccc2)=C(c2ccccc2)C(c2ccccc2)=C1c1ccccc1. The Morgan fingerprint density at radius 2 is 0.686 bits per heavy atom. The second-order valence-electron chi connectivity index (χ2n) is 8.47. The molecule has 0 bridgehead atoms. The largest absolute Gasteiger partial charge is 0.288 e. The molecule has 1 aliphatic heterocycles. The van der Waals surface area contributed by atoms with Crippen LogP contribution in [0.3, 0.4) is 0 Å². The molecular formula is C32H26O2S. The first-order valence-electron chi connectivity index (χ1n) is 11.6. The Balaban J connectivity index is 2.05. The van der Waals surface area contributed by atoms with Crippen LogP contribution < -0.4 is 0 Å². The molecule has 2 nitrogen and oxygen atoms in total. The van der Waals surface area contributed by atoms with Crippen LogP contribution in [0.25, 0.3) is 21.0 Å². The van der Waals surface area contributed by atoms with Crippen molar-refractivity contribution in [1.82, 2.24) is 0 Å². The summed E-state index contributed by atoms with van der Waals surface area (Å²) in [5, 5.41) is -0.191. The number of benzene rings is 4. The van der Waals surface area contributed by atoms with E-state index in [2.05, 4.69) is 24.3 Å². The Morgan fingerprint density at radius 1 is 0.429 bits per heavy atom. The molecule has 5 rings (SSSR count). The van der Waals surface area contributed by atoms with Gasteiger partial charge in [0.25, 0.3) is 0 Å². The van der Waals surface area contributed by atoms with Crippen molar-refractivity contribution in [3.05, 3.63) is 144 Å². The molecule has 0 unspecified atom stereocenters. The minimum absolute atomic E-state index is 0.0953. The van der Waals surface area contributed by atoms with Gasteiger partial charge >= 0.3 is 0 Å². The summed E-state index contributed by atoms with van der Waals surface area (Å²) < 4.78 is 0. The molecular weight excluding hydrogens is 448 g/mol. The van der Waals surface area contributed by atoms with E-state index in [-0.39, 0.29) is 10.2 Å². The first-order valence-corrected chi connectivity index (χ1v) is 13.3. The highest BCUT2D eigenvalue weighted by Gasteiger charge is 2.51. The van der Waals surface area contributed by atoms with Crippen molar-refractivity contribution < 1.29 is 9.59 Å². The predicted octanol–water partition coefficient (Wildman–Crippen LogP) is 8.03. The van der Waals surface area contributed by atoms with E-state index in [1.807, 2.05) is 97.1 Å². The van der Waals surface area contributed by atoms with E-state index in [1.165, 1.54) is 0 Å². The van der Waals surface area contributed by atoms with Crippen LogP contribution in [0.2, 0.25) is 0 Å². The Kier molecular flexibility index (Phi) is 6.10. The summed E-state index contributed by atoms with van der Waals surface area (Å²) in [7, 11) is -2.70. The molecule has 0 fully saturated rings. The standard InChI is InChI=1S/C32H26O2S/c1-23(33)35(24(2)34)31(27-19-11-5-12-20-27)29(25-15-7-3-8-16-25)30(26-17-9-4-10-18-26)32(35)28-21-13-6-14-22-28/h3-22H,1-2H3. The Labute approximate surface area is 208 Å². The summed E-state index contributed by atoms with van der Waals surface area (Å²) in [5.41, 5.74) is 5.73. The molecule has 4 aromatic carbocycles. The van der Waals surface area contributed by atoms with E-state index in [0.717, 1.165) is 43.2 Å². The van der Waals surface area contributed by atoms with Gasteiger partial charge in [0.1, 0.15) is 0 Å². The molecule has 0 saturated carbocycles. The van der Waals surface area contributed by atoms with Crippen molar-refractivity contribution in [2.75, 3.05) is 0 Å². The van der Waals surface area contributed by atoms with Gasteiger partial charge in [0.15, 0.2) is 10.2 Å². The second-order valence-corrected chi connectivity index (χ2v) is 11.7. The fraction of sp³-hybridized carbons (Fsp3) is 0.0625.